The molecule has 0 fully saturated rings. The average molecular weight is 487 g/mol. The lowest BCUT2D eigenvalue weighted by Gasteiger charge is -2.19. The third-order valence-electron chi connectivity index (χ3n) is 5.37. The predicted octanol–water partition coefficient (Wildman–Crippen LogP) is 5.67. The van der Waals surface area contributed by atoms with Gasteiger partial charge in [-0.05, 0) is 74.2 Å². The first-order valence-electron chi connectivity index (χ1n) is 11.7. The second-order valence-electron chi connectivity index (χ2n) is 9.41. The van der Waals surface area contributed by atoms with Crippen molar-refractivity contribution in [1.82, 2.24) is 15.1 Å². The first-order chi connectivity index (χ1) is 17.2. The summed E-state index contributed by atoms with van der Waals surface area (Å²) in [4.78, 5) is 20.8. The number of nitrogens with one attached hydrogen (secondary N) is 1. The number of aromatic nitrogens is 3. The molecule has 1 N–H and O–H groups in total. The number of pyridine rings is 1. The number of carbonyl (C=O) groups is 1. The molecule has 0 aliphatic heterocycles. The van der Waals surface area contributed by atoms with Crippen LogP contribution in [-0.2, 0) is 20.9 Å². The van der Waals surface area contributed by atoms with E-state index in [2.05, 4.69) is 45.6 Å². The van der Waals surface area contributed by atoms with Crippen molar-refractivity contribution in [2.24, 2.45) is 0 Å². The van der Waals surface area contributed by atoms with Crippen LogP contribution in [0.4, 0.5) is 5.82 Å². The molecule has 2 heterocycles. The monoisotopic (exact) mass is 486 g/mol. The van der Waals surface area contributed by atoms with Crippen LogP contribution in [-0.4, -0.2) is 40.3 Å². The molecular formula is C28H30N4O4. The van der Waals surface area contributed by atoms with Gasteiger partial charge >= 0.3 is 5.97 Å². The van der Waals surface area contributed by atoms with Gasteiger partial charge in [0.15, 0.2) is 0 Å². The molecule has 0 aliphatic rings. The summed E-state index contributed by atoms with van der Waals surface area (Å²) in [6, 6.07) is 17.8. The Kier molecular flexibility index (Phi) is 7.45. The number of benzene rings is 2. The summed E-state index contributed by atoms with van der Waals surface area (Å²) in [6.45, 7) is 8.02. The zero-order chi connectivity index (χ0) is 25.7. The summed E-state index contributed by atoms with van der Waals surface area (Å²) >= 11 is 0. The Balaban J connectivity index is 1.55. The van der Waals surface area contributed by atoms with E-state index in [9.17, 15) is 4.79 Å². The Morgan fingerprint density at radius 3 is 2.58 bits per heavy atom. The molecule has 8 nitrogen and oxygen atoms in total. The van der Waals surface area contributed by atoms with Crippen LogP contribution in [0, 0.1) is 6.92 Å². The molecule has 0 aliphatic carbocycles. The number of anilines is 1. The van der Waals surface area contributed by atoms with Gasteiger partial charge in [0.25, 0.3) is 5.89 Å². The van der Waals surface area contributed by atoms with Gasteiger partial charge < -0.3 is 19.3 Å². The Bertz CT molecular complexity index is 1360. The van der Waals surface area contributed by atoms with Gasteiger partial charge in [-0.2, -0.15) is 4.98 Å². The number of hydrogen-bond donors (Lipinski definition) is 1. The SMILES string of the molecule is COCc1cc(-c2nc(-c3ccnc(NCC(=O)OC(C)(C)C)c3)no2)ccc1-c1ccccc1C. The maximum atomic E-state index is 12.0. The molecule has 0 saturated heterocycles. The van der Waals surface area contributed by atoms with Crippen molar-refractivity contribution in [2.45, 2.75) is 39.9 Å². The number of nitrogens with zero attached hydrogens (tertiary/aromatic N) is 3. The Labute approximate surface area is 210 Å². The number of aryl methyl sites for hydroxylation is 1. The molecule has 0 amide bonds. The molecule has 0 spiro atoms. The third-order valence-corrected chi connectivity index (χ3v) is 5.37. The summed E-state index contributed by atoms with van der Waals surface area (Å²) < 4.78 is 16.4. The Morgan fingerprint density at radius 1 is 1.03 bits per heavy atom. The molecule has 2 aromatic heterocycles. The van der Waals surface area contributed by atoms with Gasteiger partial charge in [-0.15, -0.1) is 0 Å². The van der Waals surface area contributed by atoms with E-state index in [1.54, 1.807) is 25.4 Å². The highest BCUT2D eigenvalue weighted by Gasteiger charge is 2.17. The fourth-order valence-corrected chi connectivity index (χ4v) is 3.80. The van der Waals surface area contributed by atoms with Crippen molar-refractivity contribution in [3.05, 3.63) is 71.9 Å². The first kappa shape index (κ1) is 25.1. The molecule has 2 aromatic carbocycles. The summed E-state index contributed by atoms with van der Waals surface area (Å²) in [6.07, 6.45) is 1.62. The first-order valence-corrected chi connectivity index (χ1v) is 11.7. The van der Waals surface area contributed by atoms with E-state index in [1.807, 2.05) is 45.0 Å². The van der Waals surface area contributed by atoms with E-state index in [1.165, 1.54) is 5.56 Å². The third kappa shape index (κ3) is 6.14. The number of ether oxygens (including phenoxy) is 2. The van der Waals surface area contributed by atoms with Crippen molar-refractivity contribution in [3.8, 4) is 34.0 Å². The molecular weight excluding hydrogens is 456 g/mol. The number of hydrogen-bond acceptors (Lipinski definition) is 8. The van der Waals surface area contributed by atoms with Crippen LogP contribution in [0.3, 0.4) is 0 Å². The van der Waals surface area contributed by atoms with Crippen molar-refractivity contribution in [1.29, 1.82) is 0 Å². The Morgan fingerprint density at radius 2 is 1.83 bits per heavy atom. The highest BCUT2D eigenvalue weighted by atomic mass is 16.6. The van der Waals surface area contributed by atoms with E-state index >= 15 is 0 Å². The van der Waals surface area contributed by atoms with Gasteiger partial charge in [0.05, 0.1) is 6.61 Å². The van der Waals surface area contributed by atoms with E-state index in [0.717, 1.165) is 22.3 Å². The van der Waals surface area contributed by atoms with Crippen LogP contribution in [0.15, 0.2) is 65.3 Å². The number of methoxy groups -OCH3 is 1. The highest BCUT2D eigenvalue weighted by molar-refractivity contribution is 5.76. The quantitative estimate of drug-likeness (QED) is 0.318. The average Bonchev–Trinajstić information content (AvgIpc) is 3.33. The molecule has 36 heavy (non-hydrogen) atoms. The highest BCUT2D eigenvalue weighted by Crippen LogP contribution is 2.31. The fourth-order valence-electron chi connectivity index (χ4n) is 3.80. The van der Waals surface area contributed by atoms with Gasteiger partial charge in [-0.1, -0.05) is 35.5 Å². The van der Waals surface area contributed by atoms with E-state index in [4.69, 9.17) is 14.0 Å². The van der Waals surface area contributed by atoms with Gasteiger partial charge in [-0.3, -0.25) is 4.79 Å². The largest absolute Gasteiger partial charge is 0.459 e. The minimum Gasteiger partial charge on any atom is -0.459 e. The zero-order valence-corrected chi connectivity index (χ0v) is 21.2. The van der Waals surface area contributed by atoms with Crippen LogP contribution >= 0.6 is 0 Å². The van der Waals surface area contributed by atoms with Crippen LogP contribution < -0.4 is 5.32 Å². The summed E-state index contributed by atoms with van der Waals surface area (Å²) in [5.41, 5.74) is 5.45. The van der Waals surface area contributed by atoms with E-state index in [0.29, 0.717) is 29.7 Å². The van der Waals surface area contributed by atoms with Crippen molar-refractivity contribution in [2.75, 3.05) is 19.0 Å². The van der Waals surface area contributed by atoms with E-state index < -0.39 is 5.60 Å². The predicted molar refractivity (Wildman–Crippen MR) is 138 cm³/mol. The minimum atomic E-state index is -0.545. The fraction of sp³-hybridized carbons (Fsp3) is 0.286. The van der Waals surface area contributed by atoms with Gasteiger partial charge in [0.2, 0.25) is 5.82 Å². The molecule has 0 saturated carbocycles. The summed E-state index contributed by atoms with van der Waals surface area (Å²) in [5, 5.41) is 7.13. The molecule has 0 radical (unpaired) electrons. The molecule has 4 rings (SSSR count). The topological polar surface area (TPSA) is 99.4 Å². The standard InChI is InChI=1S/C28H30N4O4/c1-18-8-6-7-9-22(18)23-11-10-20(14-21(23)17-34-5)27-31-26(32-36-27)19-12-13-29-24(15-19)30-16-25(33)35-28(2,3)4/h6-15H,16-17H2,1-5H3,(H,29,30). The molecule has 0 bridgehead atoms. The second kappa shape index (κ2) is 10.7. The molecule has 0 unspecified atom stereocenters. The van der Waals surface area contributed by atoms with Crippen LogP contribution in [0.2, 0.25) is 0 Å². The maximum Gasteiger partial charge on any atom is 0.325 e. The molecule has 4 aromatic rings. The summed E-state index contributed by atoms with van der Waals surface area (Å²) in [7, 11) is 1.68. The molecule has 0 atom stereocenters. The lowest BCUT2D eigenvalue weighted by atomic mass is 9.94. The van der Waals surface area contributed by atoms with Crippen LogP contribution in [0.1, 0.15) is 31.9 Å². The van der Waals surface area contributed by atoms with Gasteiger partial charge in [0.1, 0.15) is 18.0 Å². The van der Waals surface area contributed by atoms with Crippen molar-refractivity contribution < 1.29 is 18.8 Å². The summed E-state index contributed by atoms with van der Waals surface area (Å²) in [5.74, 6) is 0.968. The normalized spacial score (nSPS) is 11.4. The van der Waals surface area contributed by atoms with Crippen molar-refractivity contribution in [3.63, 3.8) is 0 Å². The smallest absolute Gasteiger partial charge is 0.325 e. The number of carbonyl (C=O) groups excluding carboxylic acids is 1. The maximum absolute atomic E-state index is 12.0. The Hall–Kier alpha value is -4.04. The molecule has 186 valence electrons. The van der Waals surface area contributed by atoms with Gasteiger partial charge in [0, 0.05) is 24.4 Å². The lowest BCUT2D eigenvalue weighted by molar-refractivity contribution is -0.152. The lowest BCUT2D eigenvalue weighted by Crippen LogP contribution is -2.28. The van der Waals surface area contributed by atoms with E-state index in [-0.39, 0.29) is 12.5 Å². The second-order valence-corrected chi connectivity index (χ2v) is 9.41. The minimum absolute atomic E-state index is 0.000725. The van der Waals surface area contributed by atoms with Gasteiger partial charge in [-0.25, -0.2) is 4.98 Å². The number of rotatable bonds is 8. The van der Waals surface area contributed by atoms with Crippen LogP contribution in [0.25, 0.3) is 34.0 Å². The molecule has 8 heteroatoms. The zero-order valence-electron chi connectivity index (χ0n) is 21.2. The van der Waals surface area contributed by atoms with Crippen molar-refractivity contribution >= 4 is 11.8 Å². The van der Waals surface area contributed by atoms with Crippen LogP contribution in [0.5, 0.6) is 0 Å². The number of esters is 1.